The lowest BCUT2D eigenvalue weighted by molar-refractivity contribution is 0.101. The van der Waals surface area contributed by atoms with E-state index in [2.05, 4.69) is 0 Å². The molecule has 4 rings (SSSR count). The standard InChI is InChI=1S/C20H17NO3/c1-3-14-19(12-4-6-13(23)7-5-12)17-10-15(11(2)22)16-8-9-18(24)20(14)21(16)17/h4-10,23-24H,3H2,1-2H3. The predicted molar refractivity (Wildman–Crippen MR) is 94.2 cm³/mol. The van der Waals surface area contributed by atoms with Gasteiger partial charge in [0, 0.05) is 11.1 Å². The minimum absolute atomic E-state index is 0.000365. The third-order valence-corrected chi connectivity index (χ3v) is 4.64. The molecule has 0 fully saturated rings. The highest BCUT2D eigenvalue weighted by Crippen LogP contribution is 2.42. The topological polar surface area (TPSA) is 61.9 Å². The first-order chi connectivity index (χ1) is 11.5. The van der Waals surface area contributed by atoms with Crippen LogP contribution in [0.15, 0.2) is 42.5 Å². The second kappa shape index (κ2) is 4.99. The number of aromatic hydroxyl groups is 2. The Morgan fingerprint density at radius 2 is 1.75 bits per heavy atom. The zero-order valence-electron chi connectivity index (χ0n) is 13.5. The Labute approximate surface area is 138 Å². The number of rotatable bonds is 3. The maximum Gasteiger partial charge on any atom is 0.161 e. The zero-order valence-corrected chi connectivity index (χ0v) is 13.5. The van der Waals surface area contributed by atoms with E-state index in [-0.39, 0.29) is 17.3 Å². The fraction of sp³-hybridized carbons (Fsp3) is 0.150. The summed E-state index contributed by atoms with van der Waals surface area (Å²) < 4.78 is 1.97. The van der Waals surface area contributed by atoms with Gasteiger partial charge in [0.15, 0.2) is 5.78 Å². The van der Waals surface area contributed by atoms with E-state index in [0.29, 0.717) is 5.56 Å². The molecule has 0 saturated heterocycles. The van der Waals surface area contributed by atoms with Crippen molar-refractivity contribution in [1.82, 2.24) is 4.40 Å². The molecule has 3 aromatic heterocycles. The average molecular weight is 319 g/mol. The second-order valence-electron chi connectivity index (χ2n) is 6.04. The van der Waals surface area contributed by atoms with Crippen LogP contribution in [0.3, 0.4) is 0 Å². The number of phenolic OH excluding ortho intramolecular Hbond substituents is 1. The molecule has 2 N–H and O–H groups in total. The Balaban J connectivity index is 2.20. The summed E-state index contributed by atoms with van der Waals surface area (Å²) in [5.74, 6) is 0.418. The second-order valence-corrected chi connectivity index (χ2v) is 6.04. The lowest BCUT2D eigenvalue weighted by Gasteiger charge is -2.05. The first-order valence-electron chi connectivity index (χ1n) is 7.94. The number of benzene rings is 1. The van der Waals surface area contributed by atoms with Crippen LogP contribution in [0.1, 0.15) is 29.8 Å². The molecule has 120 valence electrons. The van der Waals surface area contributed by atoms with Crippen molar-refractivity contribution in [3.05, 3.63) is 53.6 Å². The van der Waals surface area contributed by atoms with Gasteiger partial charge in [-0.25, -0.2) is 0 Å². The van der Waals surface area contributed by atoms with Crippen LogP contribution >= 0.6 is 0 Å². The number of hydrogen-bond donors (Lipinski definition) is 2. The molecule has 0 unspecified atom stereocenters. The van der Waals surface area contributed by atoms with E-state index < -0.39 is 0 Å². The van der Waals surface area contributed by atoms with Crippen LogP contribution in [0.4, 0.5) is 0 Å². The fourth-order valence-electron chi connectivity index (χ4n) is 3.60. The van der Waals surface area contributed by atoms with E-state index in [0.717, 1.165) is 39.7 Å². The van der Waals surface area contributed by atoms with Crippen molar-refractivity contribution in [2.75, 3.05) is 0 Å². The molecule has 0 atom stereocenters. The summed E-state index contributed by atoms with van der Waals surface area (Å²) in [4.78, 5) is 12.0. The number of aromatic nitrogens is 1. The molecule has 0 spiro atoms. The highest BCUT2D eigenvalue weighted by molar-refractivity contribution is 6.08. The molecule has 0 aliphatic heterocycles. The minimum atomic E-state index is 0.000365. The number of carbonyl (C=O) groups is 1. The molecule has 0 aliphatic rings. The number of aryl methyl sites for hydroxylation is 1. The Morgan fingerprint density at radius 1 is 1.04 bits per heavy atom. The Kier molecular flexibility index (Phi) is 3.03. The smallest absolute Gasteiger partial charge is 0.161 e. The van der Waals surface area contributed by atoms with Gasteiger partial charge in [-0.3, -0.25) is 4.79 Å². The number of pyridine rings is 1. The highest BCUT2D eigenvalue weighted by Gasteiger charge is 2.23. The normalized spacial score (nSPS) is 11.6. The molecule has 1 aromatic carbocycles. The Hall–Kier alpha value is -3.01. The average Bonchev–Trinajstić information content (AvgIpc) is 3.09. The third kappa shape index (κ3) is 1.83. The maximum atomic E-state index is 12.0. The number of nitrogens with zero attached hydrogens (tertiary/aromatic N) is 1. The summed E-state index contributed by atoms with van der Waals surface area (Å²) in [5, 5.41) is 20.0. The summed E-state index contributed by atoms with van der Waals surface area (Å²) in [6.45, 7) is 3.60. The first-order valence-corrected chi connectivity index (χ1v) is 7.94. The summed E-state index contributed by atoms with van der Waals surface area (Å²) >= 11 is 0. The largest absolute Gasteiger partial charge is 0.508 e. The molecular formula is C20H17NO3. The van der Waals surface area contributed by atoms with Crippen molar-refractivity contribution < 1.29 is 15.0 Å². The van der Waals surface area contributed by atoms with Crippen molar-refractivity contribution in [3.8, 4) is 22.6 Å². The first kappa shape index (κ1) is 14.6. The maximum absolute atomic E-state index is 12.0. The van der Waals surface area contributed by atoms with E-state index >= 15 is 0 Å². The minimum Gasteiger partial charge on any atom is -0.508 e. The van der Waals surface area contributed by atoms with Gasteiger partial charge < -0.3 is 14.6 Å². The number of hydrogen-bond acceptors (Lipinski definition) is 3. The highest BCUT2D eigenvalue weighted by atomic mass is 16.3. The fourth-order valence-corrected chi connectivity index (χ4v) is 3.60. The van der Waals surface area contributed by atoms with Gasteiger partial charge in [0.1, 0.15) is 11.5 Å². The molecular weight excluding hydrogens is 302 g/mol. The van der Waals surface area contributed by atoms with Crippen LogP contribution in [0.2, 0.25) is 0 Å². The molecule has 24 heavy (non-hydrogen) atoms. The van der Waals surface area contributed by atoms with Crippen molar-refractivity contribution in [3.63, 3.8) is 0 Å². The Morgan fingerprint density at radius 3 is 2.38 bits per heavy atom. The number of carbonyl (C=O) groups excluding carboxylic acids is 1. The van der Waals surface area contributed by atoms with Crippen molar-refractivity contribution in [2.24, 2.45) is 0 Å². The van der Waals surface area contributed by atoms with Gasteiger partial charge in [0.25, 0.3) is 0 Å². The number of Topliss-reactive ketones (excluding diaryl/α,β-unsaturated/α-hetero) is 1. The van der Waals surface area contributed by atoms with Gasteiger partial charge in [-0.05, 0) is 54.8 Å². The van der Waals surface area contributed by atoms with Gasteiger partial charge in [0.05, 0.1) is 16.6 Å². The number of phenols is 1. The van der Waals surface area contributed by atoms with Crippen molar-refractivity contribution in [2.45, 2.75) is 20.3 Å². The summed E-state index contributed by atoms with van der Waals surface area (Å²) in [6.07, 6.45) is 0.750. The van der Waals surface area contributed by atoms with E-state index in [1.54, 1.807) is 31.2 Å². The van der Waals surface area contributed by atoms with Gasteiger partial charge in [-0.15, -0.1) is 0 Å². The lowest BCUT2D eigenvalue weighted by atomic mass is 9.99. The van der Waals surface area contributed by atoms with E-state index in [9.17, 15) is 15.0 Å². The van der Waals surface area contributed by atoms with Crippen molar-refractivity contribution >= 4 is 22.3 Å². The molecule has 4 nitrogen and oxygen atoms in total. The van der Waals surface area contributed by atoms with Crippen LogP contribution in [0, 0.1) is 0 Å². The van der Waals surface area contributed by atoms with E-state index in [1.807, 2.05) is 29.5 Å². The number of ketones is 1. The molecule has 0 bridgehead atoms. The molecule has 3 heterocycles. The van der Waals surface area contributed by atoms with Crippen molar-refractivity contribution in [1.29, 1.82) is 0 Å². The van der Waals surface area contributed by atoms with Crippen LogP contribution < -0.4 is 0 Å². The van der Waals surface area contributed by atoms with Gasteiger partial charge >= 0.3 is 0 Å². The molecule has 4 aromatic rings. The zero-order chi connectivity index (χ0) is 17.0. The van der Waals surface area contributed by atoms with Crippen LogP contribution in [-0.2, 0) is 6.42 Å². The monoisotopic (exact) mass is 319 g/mol. The molecule has 0 aliphatic carbocycles. The summed E-state index contributed by atoms with van der Waals surface area (Å²) in [6, 6.07) is 12.3. The molecule has 0 radical (unpaired) electrons. The van der Waals surface area contributed by atoms with Crippen LogP contribution in [0.25, 0.3) is 27.7 Å². The lowest BCUT2D eigenvalue weighted by Crippen LogP contribution is -1.93. The summed E-state index contributed by atoms with van der Waals surface area (Å²) in [5.41, 5.74) is 6.10. The van der Waals surface area contributed by atoms with E-state index in [4.69, 9.17) is 0 Å². The summed E-state index contributed by atoms with van der Waals surface area (Å²) in [7, 11) is 0. The molecule has 0 saturated carbocycles. The van der Waals surface area contributed by atoms with E-state index in [1.165, 1.54) is 0 Å². The SMILES string of the molecule is CCc1c(-c2ccc(O)cc2)c2cc(C(C)=O)c3ccc(O)c1n32. The van der Waals surface area contributed by atoms with Gasteiger partial charge in [0.2, 0.25) is 0 Å². The van der Waals surface area contributed by atoms with Gasteiger partial charge in [-0.2, -0.15) is 0 Å². The quantitative estimate of drug-likeness (QED) is 0.551. The van der Waals surface area contributed by atoms with Crippen LogP contribution in [0.5, 0.6) is 11.5 Å². The van der Waals surface area contributed by atoms with Gasteiger partial charge in [-0.1, -0.05) is 19.1 Å². The van der Waals surface area contributed by atoms with Crippen LogP contribution in [-0.4, -0.2) is 20.4 Å². The molecule has 4 heteroatoms. The third-order valence-electron chi connectivity index (χ3n) is 4.64. The predicted octanol–water partition coefficient (Wildman–Crippen LogP) is 4.37. The molecule has 0 amide bonds. The Bertz CT molecular complexity index is 1070.